The molecule has 22 heavy (non-hydrogen) atoms. The summed E-state index contributed by atoms with van der Waals surface area (Å²) in [6, 6.07) is 3.78. The van der Waals surface area contributed by atoms with E-state index < -0.39 is 0 Å². The van der Waals surface area contributed by atoms with Gasteiger partial charge in [-0.2, -0.15) is 0 Å². The Hall–Kier alpha value is -1.28. The van der Waals surface area contributed by atoms with E-state index in [0.29, 0.717) is 15.8 Å². The highest BCUT2D eigenvalue weighted by molar-refractivity contribution is 8.26. The Morgan fingerprint density at radius 2 is 2.18 bits per heavy atom. The van der Waals surface area contributed by atoms with Gasteiger partial charge in [0.1, 0.15) is 4.32 Å². The molecule has 2 aliphatic rings. The third-order valence-corrected chi connectivity index (χ3v) is 4.98. The average Bonchev–Trinajstić information content (AvgIpc) is 2.81. The predicted octanol–water partition coefficient (Wildman–Crippen LogP) is 1.61. The number of thioether (sulfide) groups is 1. The summed E-state index contributed by atoms with van der Waals surface area (Å²) in [6.45, 7) is 4.82. The summed E-state index contributed by atoms with van der Waals surface area (Å²) in [5.74, 6) is -0.00730. The van der Waals surface area contributed by atoms with Crippen molar-refractivity contribution < 1.29 is 9.53 Å². The highest BCUT2D eigenvalue weighted by atomic mass is 32.2. The first-order chi connectivity index (χ1) is 10.7. The first kappa shape index (κ1) is 15.6. The second-order valence-electron chi connectivity index (χ2n) is 5.07. The van der Waals surface area contributed by atoms with Gasteiger partial charge in [-0.3, -0.25) is 19.6 Å². The van der Waals surface area contributed by atoms with Gasteiger partial charge < -0.3 is 4.74 Å². The minimum Gasteiger partial charge on any atom is -0.379 e. The molecule has 0 unspecified atom stereocenters. The normalized spacial score (nSPS) is 21.8. The van der Waals surface area contributed by atoms with Gasteiger partial charge in [-0.15, -0.1) is 0 Å². The number of carbonyl (C=O) groups excluding carboxylic acids is 1. The van der Waals surface area contributed by atoms with E-state index in [1.54, 1.807) is 17.3 Å². The number of aromatic nitrogens is 1. The zero-order valence-electron chi connectivity index (χ0n) is 12.1. The van der Waals surface area contributed by atoms with Gasteiger partial charge in [-0.25, -0.2) is 0 Å². The fraction of sp³-hybridized carbons (Fsp3) is 0.400. The molecule has 0 aromatic carbocycles. The van der Waals surface area contributed by atoms with Gasteiger partial charge in [-0.1, -0.05) is 30.0 Å². The SMILES string of the molecule is O=C1/C(=C\c2cccnc2)SC(=S)N1CCN1CCOCC1. The van der Waals surface area contributed by atoms with Gasteiger partial charge in [0.05, 0.1) is 18.1 Å². The number of amides is 1. The van der Waals surface area contributed by atoms with E-state index in [-0.39, 0.29) is 5.91 Å². The molecule has 1 aromatic heterocycles. The second kappa shape index (κ2) is 7.32. The fourth-order valence-corrected chi connectivity index (χ4v) is 3.68. The molecular weight excluding hydrogens is 318 g/mol. The summed E-state index contributed by atoms with van der Waals surface area (Å²) < 4.78 is 5.96. The number of morpholine rings is 1. The van der Waals surface area contributed by atoms with E-state index in [4.69, 9.17) is 17.0 Å². The minimum absolute atomic E-state index is 0.00730. The van der Waals surface area contributed by atoms with Crippen LogP contribution in [0.4, 0.5) is 0 Å². The molecule has 2 aliphatic heterocycles. The molecule has 0 atom stereocenters. The van der Waals surface area contributed by atoms with Gasteiger partial charge in [0.25, 0.3) is 5.91 Å². The first-order valence-corrected chi connectivity index (χ1v) is 8.42. The third-order valence-electron chi connectivity index (χ3n) is 3.60. The van der Waals surface area contributed by atoms with Crippen molar-refractivity contribution in [2.45, 2.75) is 0 Å². The monoisotopic (exact) mass is 335 g/mol. The number of nitrogens with zero attached hydrogens (tertiary/aromatic N) is 3. The van der Waals surface area contributed by atoms with E-state index >= 15 is 0 Å². The molecule has 1 aromatic rings. The lowest BCUT2D eigenvalue weighted by atomic mass is 10.2. The van der Waals surface area contributed by atoms with E-state index in [9.17, 15) is 4.79 Å². The van der Waals surface area contributed by atoms with E-state index in [1.807, 2.05) is 18.2 Å². The van der Waals surface area contributed by atoms with Crippen molar-refractivity contribution >= 4 is 40.3 Å². The van der Waals surface area contributed by atoms with E-state index in [1.165, 1.54) is 11.8 Å². The molecule has 5 nitrogen and oxygen atoms in total. The third kappa shape index (κ3) is 3.73. The van der Waals surface area contributed by atoms with Crippen LogP contribution in [0.5, 0.6) is 0 Å². The quantitative estimate of drug-likeness (QED) is 0.615. The Balaban J connectivity index is 1.62. The van der Waals surface area contributed by atoms with Crippen LogP contribution in [0.2, 0.25) is 0 Å². The first-order valence-electron chi connectivity index (χ1n) is 7.19. The lowest BCUT2D eigenvalue weighted by Crippen LogP contribution is -2.42. The zero-order valence-corrected chi connectivity index (χ0v) is 13.7. The number of hydrogen-bond donors (Lipinski definition) is 0. The molecule has 0 N–H and O–H groups in total. The molecule has 0 saturated carbocycles. The fourth-order valence-electron chi connectivity index (χ4n) is 2.37. The van der Waals surface area contributed by atoms with Crippen LogP contribution in [0, 0.1) is 0 Å². The zero-order chi connectivity index (χ0) is 15.4. The number of ether oxygens (including phenoxy) is 1. The van der Waals surface area contributed by atoms with Crippen molar-refractivity contribution in [3.63, 3.8) is 0 Å². The van der Waals surface area contributed by atoms with Crippen LogP contribution >= 0.6 is 24.0 Å². The van der Waals surface area contributed by atoms with Gasteiger partial charge in [-0.05, 0) is 17.7 Å². The number of carbonyl (C=O) groups is 1. The molecule has 1 amide bonds. The molecule has 0 radical (unpaired) electrons. The Morgan fingerprint density at radius 1 is 1.36 bits per heavy atom. The van der Waals surface area contributed by atoms with Crippen molar-refractivity contribution in [3.8, 4) is 0 Å². The van der Waals surface area contributed by atoms with Gasteiger partial charge >= 0.3 is 0 Å². The molecule has 116 valence electrons. The maximum absolute atomic E-state index is 12.5. The number of pyridine rings is 1. The lowest BCUT2D eigenvalue weighted by Gasteiger charge is -2.28. The molecule has 3 heterocycles. The van der Waals surface area contributed by atoms with Crippen LogP contribution in [-0.4, -0.2) is 64.4 Å². The number of thiocarbonyl (C=S) groups is 1. The summed E-state index contributed by atoms with van der Waals surface area (Å²) in [5, 5.41) is 0. The Labute approximate surface area is 139 Å². The molecule has 0 spiro atoms. The van der Waals surface area contributed by atoms with Crippen LogP contribution in [0.3, 0.4) is 0 Å². The summed E-state index contributed by atoms with van der Waals surface area (Å²) in [5.41, 5.74) is 0.913. The Morgan fingerprint density at radius 3 is 2.91 bits per heavy atom. The standard InChI is InChI=1S/C15H17N3O2S2/c19-14-13(10-12-2-1-3-16-11-12)22-15(21)18(14)5-4-17-6-8-20-9-7-17/h1-3,10-11H,4-9H2/b13-10+. The number of rotatable bonds is 4. The molecular formula is C15H17N3O2S2. The summed E-state index contributed by atoms with van der Waals surface area (Å²) >= 11 is 6.71. The number of hydrogen-bond acceptors (Lipinski definition) is 6. The van der Waals surface area contributed by atoms with Crippen molar-refractivity contribution in [2.24, 2.45) is 0 Å². The Kier molecular flexibility index (Phi) is 5.20. The molecule has 0 aliphatic carbocycles. The average molecular weight is 335 g/mol. The highest BCUT2D eigenvalue weighted by Gasteiger charge is 2.32. The van der Waals surface area contributed by atoms with Crippen LogP contribution in [0.25, 0.3) is 6.08 Å². The van der Waals surface area contributed by atoms with Crippen LogP contribution in [0.1, 0.15) is 5.56 Å². The molecule has 2 fully saturated rings. The summed E-state index contributed by atoms with van der Waals surface area (Å²) in [4.78, 5) is 21.2. The van der Waals surface area contributed by atoms with Gasteiger partial charge in [0.15, 0.2) is 0 Å². The van der Waals surface area contributed by atoms with Crippen LogP contribution in [-0.2, 0) is 9.53 Å². The molecule has 3 rings (SSSR count). The smallest absolute Gasteiger partial charge is 0.266 e. The van der Waals surface area contributed by atoms with E-state index in [0.717, 1.165) is 38.4 Å². The topological polar surface area (TPSA) is 45.7 Å². The highest BCUT2D eigenvalue weighted by Crippen LogP contribution is 2.32. The summed E-state index contributed by atoms with van der Waals surface area (Å²) in [6.07, 6.45) is 5.30. The Bertz CT molecular complexity index is 586. The van der Waals surface area contributed by atoms with Gasteiger partial charge in [0.2, 0.25) is 0 Å². The second-order valence-corrected chi connectivity index (χ2v) is 6.75. The maximum atomic E-state index is 12.5. The van der Waals surface area contributed by atoms with Crippen molar-refractivity contribution in [1.29, 1.82) is 0 Å². The maximum Gasteiger partial charge on any atom is 0.266 e. The predicted molar refractivity (Wildman–Crippen MR) is 91.4 cm³/mol. The van der Waals surface area contributed by atoms with Crippen LogP contribution < -0.4 is 0 Å². The van der Waals surface area contributed by atoms with Gasteiger partial charge in [0, 0.05) is 38.6 Å². The minimum atomic E-state index is -0.00730. The summed E-state index contributed by atoms with van der Waals surface area (Å²) in [7, 11) is 0. The van der Waals surface area contributed by atoms with Crippen molar-refractivity contribution in [2.75, 3.05) is 39.4 Å². The molecule has 2 saturated heterocycles. The van der Waals surface area contributed by atoms with E-state index in [2.05, 4.69) is 9.88 Å². The lowest BCUT2D eigenvalue weighted by molar-refractivity contribution is -0.122. The van der Waals surface area contributed by atoms with Crippen LogP contribution in [0.15, 0.2) is 29.4 Å². The van der Waals surface area contributed by atoms with Crippen molar-refractivity contribution in [3.05, 3.63) is 35.0 Å². The largest absolute Gasteiger partial charge is 0.379 e. The molecule has 0 bridgehead atoms. The van der Waals surface area contributed by atoms with Crippen molar-refractivity contribution in [1.82, 2.24) is 14.8 Å². The molecule has 7 heteroatoms.